The second kappa shape index (κ2) is 13.0. The zero-order valence-electron chi connectivity index (χ0n) is 23.6. The smallest absolute Gasteiger partial charge is 0.253 e. The maximum Gasteiger partial charge on any atom is 0.253 e. The molecule has 42 heavy (non-hydrogen) atoms. The Morgan fingerprint density at radius 1 is 1.10 bits per heavy atom. The molecule has 0 aliphatic carbocycles. The van der Waals surface area contributed by atoms with Crippen LogP contribution in [0.4, 0.5) is 11.6 Å². The highest BCUT2D eigenvalue weighted by Gasteiger charge is 2.24. The largest absolute Gasteiger partial charge is 0.495 e. The van der Waals surface area contributed by atoms with E-state index in [4.69, 9.17) is 14.2 Å². The van der Waals surface area contributed by atoms with Crippen molar-refractivity contribution in [2.75, 3.05) is 32.6 Å². The summed E-state index contributed by atoms with van der Waals surface area (Å²) in [6, 6.07) is 12.7. The van der Waals surface area contributed by atoms with Crippen molar-refractivity contribution in [3.63, 3.8) is 0 Å². The lowest BCUT2D eigenvalue weighted by atomic mass is 10.1. The van der Waals surface area contributed by atoms with Gasteiger partial charge in [-0.15, -0.1) is 5.10 Å². The Morgan fingerprint density at radius 3 is 2.55 bits per heavy atom. The summed E-state index contributed by atoms with van der Waals surface area (Å²) in [4.78, 5) is 23.8. The van der Waals surface area contributed by atoms with Gasteiger partial charge in [-0.05, 0) is 66.1 Å². The minimum Gasteiger partial charge on any atom is -0.495 e. The molecule has 1 amide bonds. The third-order valence-electron chi connectivity index (χ3n) is 7.01. The molecule has 0 bridgehead atoms. The van der Waals surface area contributed by atoms with Crippen LogP contribution in [0.25, 0.3) is 11.1 Å². The van der Waals surface area contributed by atoms with Crippen molar-refractivity contribution in [1.29, 1.82) is 5.26 Å². The van der Waals surface area contributed by atoms with Crippen molar-refractivity contribution in [1.82, 2.24) is 35.1 Å². The molecule has 0 spiro atoms. The summed E-state index contributed by atoms with van der Waals surface area (Å²) >= 11 is 0. The molecule has 1 aliphatic heterocycles. The summed E-state index contributed by atoms with van der Waals surface area (Å²) < 4.78 is 18.6. The summed E-state index contributed by atoms with van der Waals surface area (Å²) in [6.45, 7) is 3.62. The zero-order chi connectivity index (χ0) is 29.5. The number of likely N-dealkylation sites (tertiary alicyclic amines) is 1. The molecule has 4 aromatic rings. The predicted octanol–water partition coefficient (Wildman–Crippen LogP) is 3.47. The first kappa shape index (κ1) is 28.4. The maximum atomic E-state index is 13.0. The van der Waals surface area contributed by atoms with Gasteiger partial charge in [0.25, 0.3) is 5.91 Å². The van der Waals surface area contributed by atoms with E-state index in [1.165, 1.54) is 6.33 Å². The second-order valence-electron chi connectivity index (χ2n) is 9.85. The molecule has 13 heteroatoms. The monoisotopic (exact) mass is 569 g/mol. The minimum atomic E-state index is -0.279. The SMILES string of the molecule is COc1cc(C(=O)N2CCC(OC)CC2)ccc1Nc1ncc(-c2ccc(C#N)c(O[C@@H](C)Cn3cnnn3)c2)cn1. The zero-order valence-corrected chi connectivity index (χ0v) is 23.6. The average Bonchev–Trinajstić information content (AvgIpc) is 3.54. The minimum absolute atomic E-state index is 0.0365. The lowest BCUT2D eigenvalue weighted by Gasteiger charge is -2.31. The fourth-order valence-corrected chi connectivity index (χ4v) is 4.74. The fourth-order valence-electron chi connectivity index (χ4n) is 4.74. The Labute approximate surface area is 243 Å². The van der Waals surface area contributed by atoms with Crippen LogP contribution in [0.2, 0.25) is 0 Å². The van der Waals surface area contributed by atoms with Crippen LogP contribution in [0.1, 0.15) is 35.7 Å². The molecule has 0 saturated carbocycles. The molecule has 0 radical (unpaired) electrons. The summed E-state index contributed by atoms with van der Waals surface area (Å²) in [5, 5.41) is 23.8. The number of hydrogen-bond acceptors (Lipinski definition) is 11. The van der Waals surface area contributed by atoms with Gasteiger partial charge in [0.05, 0.1) is 31.0 Å². The number of nitriles is 1. The van der Waals surface area contributed by atoms with Gasteiger partial charge in [0.1, 0.15) is 30.0 Å². The first-order valence-electron chi connectivity index (χ1n) is 13.5. The number of piperidine rings is 1. The van der Waals surface area contributed by atoms with Gasteiger partial charge in [0, 0.05) is 43.7 Å². The molecule has 1 saturated heterocycles. The quantitative estimate of drug-likeness (QED) is 0.299. The second-order valence-corrected chi connectivity index (χ2v) is 9.85. The normalized spacial score (nSPS) is 14.2. The summed E-state index contributed by atoms with van der Waals surface area (Å²) in [5.41, 5.74) is 3.13. The van der Waals surface area contributed by atoms with Crippen molar-refractivity contribution in [3.05, 3.63) is 66.2 Å². The number of anilines is 2. The highest BCUT2D eigenvalue weighted by molar-refractivity contribution is 5.95. The number of amides is 1. The van der Waals surface area contributed by atoms with Crippen LogP contribution in [-0.4, -0.2) is 80.5 Å². The van der Waals surface area contributed by atoms with Crippen LogP contribution in [0.3, 0.4) is 0 Å². The van der Waals surface area contributed by atoms with Gasteiger partial charge in [-0.3, -0.25) is 4.79 Å². The maximum absolute atomic E-state index is 13.0. The van der Waals surface area contributed by atoms with E-state index in [1.54, 1.807) is 61.6 Å². The van der Waals surface area contributed by atoms with Crippen LogP contribution in [0, 0.1) is 11.3 Å². The standard InChI is InChI=1S/C29H31N9O4/c1-19(17-38-18-33-35-36-38)42-26-12-20(4-5-22(26)14-30)23-15-31-29(32-16-23)34-25-7-6-21(13-27(25)41-3)28(39)37-10-8-24(40-2)9-11-37/h4-7,12-13,15-16,18-19,24H,8-11,17H2,1-3H3,(H,31,32,34)/t19-/m0/s1. The number of tetrazole rings is 1. The lowest BCUT2D eigenvalue weighted by Crippen LogP contribution is -2.40. The van der Waals surface area contributed by atoms with E-state index in [9.17, 15) is 10.1 Å². The summed E-state index contributed by atoms with van der Waals surface area (Å²) in [7, 11) is 3.26. The summed E-state index contributed by atoms with van der Waals surface area (Å²) in [6.07, 6.45) is 6.43. The molecule has 216 valence electrons. The van der Waals surface area contributed by atoms with Crippen molar-refractivity contribution in [2.24, 2.45) is 0 Å². The van der Waals surface area contributed by atoms with Gasteiger partial charge in [-0.1, -0.05) is 6.07 Å². The molecule has 1 aliphatic rings. The highest BCUT2D eigenvalue weighted by Crippen LogP contribution is 2.30. The Hall–Kier alpha value is -5.09. The third-order valence-corrected chi connectivity index (χ3v) is 7.01. The number of benzene rings is 2. The number of ether oxygens (including phenoxy) is 3. The molecule has 13 nitrogen and oxygen atoms in total. The van der Waals surface area contributed by atoms with Crippen LogP contribution >= 0.6 is 0 Å². The van der Waals surface area contributed by atoms with E-state index >= 15 is 0 Å². The van der Waals surface area contributed by atoms with E-state index in [0.717, 1.165) is 24.0 Å². The van der Waals surface area contributed by atoms with Crippen molar-refractivity contribution < 1.29 is 19.0 Å². The molecule has 2 aromatic heterocycles. The van der Waals surface area contributed by atoms with Crippen LogP contribution < -0.4 is 14.8 Å². The molecular weight excluding hydrogens is 538 g/mol. The van der Waals surface area contributed by atoms with E-state index in [1.807, 2.05) is 17.9 Å². The number of hydrogen-bond donors (Lipinski definition) is 1. The van der Waals surface area contributed by atoms with Gasteiger partial charge in [0.2, 0.25) is 5.95 Å². The van der Waals surface area contributed by atoms with Crippen LogP contribution in [-0.2, 0) is 11.3 Å². The number of nitrogens with zero attached hydrogens (tertiary/aromatic N) is 8. The number of methoxy groups -OCH3 is 2. The van der Waals surface area contributed by atoms with Crippen molar-refractivity contribution in [3.8, 4) is 28.7 Å². The Kier molecular flexibility index (Phi) is 8.84. The van der Waals surface area contributed by atoms with Crippen LogP contribution in [0.5, 0.6) is 11.5 Å². The third kappa shape index (κ3) is 6.61. The summed E-state index contributed by atoms with van der Waals surface area (Å²) in [5.74, 6) is 1.27. The van der Waals surface area contributed by atoms with Gasteiger partial charge in [0.15, 0.2) is 0 Å². The number of carbonyl (C=O) groups excluding carboxylic acids is 1. The number of aromatic nitrogens is 6. The van der Waals surface area contributed by atoms with Gasteiger partial charge in [-0.25, -0.2) is 14.6 Å². The van der Waals surface area contributed by atoms with E-state index in [2.05, 4.69) is 36.9 Å². The first-order valence-corrected chi connectivity index (χ1v) is 13.5. The van der Waals surface area contributed by atoms with Crippen molar-refractivity contribution >= 4 is 17.5 Å². The Bertz CT molecular complexity index is 1550. The molecule has 1 fully saturated rings. The average molecular weight is 570 g/mol. The van der Waals surface area contributed by atoms with Crippen molar-refractivity contribution in [2.45, 2.75) is 38.5 Å². The van der Waals surface area contributed by atoms with Gasteiger partial charge in [-0.2, -0.15) is 5.26 Å². The Balaban J connectivity index is 1.27. The highest BCUT2D eigenvalue weighted by atomic mass is 16.5. The molecule has 2 aromatic carbocycles. The van der Waals surface area contributed by atoms with E-state index < -0.39 is 0 Å². The Morgan fingerprint density at radius 2 is 1.88 bits per heavy atom. The van der Waals surface area contributed by atoms with E-state index in [-0.39, 0.29) is 18.1 Å². The molecular formula is C29H31N9O4. The molecule has 1 N–H and O–H groups in total. The predicted molar refractivity (Wildman–Crippen MR) is 152 cm³/mol. The number of nitrogens with one attached hydrogen (secondary N) is 1. The molecule has 3 heterocycles. The number of carbonyl (C=O) groups is 1. The fraction of sp³-hybridized carbons (Fsp3) is 0.345. The number of rotatable bonds is 10. The lowest BCUT2D eigenvalue weighted by molar-refractivity contribution is 0.0350. The van der Waals surface area contributed by atoms with Gasteiger partial charge < -0.3 is 24.4 Å². The van der Waals surface area contributed by atoms with Crippen LogP contribution in [0.15, 0.2) is 55.1 Å². The molecule has 5 rings (SSSR count). The molecule has 1 atom stereocenters. The molecule has 0 unspecified atom stereocenters. The van der Waals surface area contributed by atoms with E-state index in [0.29, 0.717) is 53.9 Å². The first-order chi connectivity index (χ1) is 20.5. The topological polar surface area (TPSA) is 153 Å². The van der Waals surface area contributed by atoms with Gasteiger partial charge >= 0.3 is 0 Å².